The SMILES string of the molecule is CCc1ccc(N[C@@H]2NC(=O)/C(=C/c3cc(Cl)c(OCc4ccc(C(=O)O)cc4)c(OC)c3)S2)cc1. The largest absolute Gasteiger partial charge is 0.493 e. The summed E-state index contributed by atoms with van der Waals surface area (Å²) in [5.41, 5.74) is 3.57. The number of aromatic carboxylic acids is 1. The Labute approximate surface area is 218 Å². The number of anilines is 1. The lowest BCUT2D eigenvalue weighted by Gasteiger charge is -2.14. The first-order valence-electron chi connectivity index (χ1n) is 11.2. The number of ether oxygens (including phenoxy) is 2. The van der Waals surface area contributed by atoms with Crippen LogP contribution in [0, 0.1) is 0 Å². The third-order valence-corrected chi connectivity index (χ3v) is 6.83. The second-order valence-corrected chi connectivity index (χ2v) is 9.55. The van der Waals surface area contributed by atoms with Crippen molar-refractivity contribution in [1.29, 1.82) is 0 Å². The molecule has 0 aromatic heterocycles. The van der Waals surface area contributed by atoms with E-state index in [1.54, 1.807) is 30.3 Å². The molecule has 1 atom stereocenters. The Balaban J connectivity index is 1.45. The van der Waals surface area contributed by atoms with Gasteiger partial charge in [-0.25, -0.2) is 4.79 Å². The summed E-state index contributed by atoms with van der Waals surface area (Å²) in [6, 6.07) is 18.0. The van der Waals surface area contributed by atoms with Crippen molar-refractivity contribution in [1.82, 2.24) is 5.32 Å². The zero-order valence-corrected chi connectivity index (χ0v) is 21.3. The molecule has 1 amide bonds. The molecule has 36 heavy (non-hydrogen) atoms. The smallest absolute Gasteiger partial charge is 0.335 e. The van der Waals surface area contributed by atoms with Gasteiger partial charge in [-0.3, -0.25) is 4.79 Å². The Morgan fingerprint density at radius 2 is 1.83 bits per heavy atom. The van der Waals surface area contributed by atoms with E-state index >= 15 is 0 Å². The second-order valence-electron chi connectivity index (χ2n) is 8.00. The molecule has 3 N–H and O–H groups in total. The van der Waals surface area contributed by atoms with E-state index in [0.717, 1.165) is 17.7 Å². The number of rotatable bonds is 9. The maximum absolute atomic E-state index is 12.5. The number of amides is 1. The molecular weight excluding hydrogens is 500 g/mol. The van der Waals surface area contributed by atoms with Gasteiger partial charge in [-0.2, -0.15) is 0 Å². The van der Waals surface area contributed by atoms with E-state index < -0.39 is 5.97 Å². The van der Waals surface area contributed by atoms with Gasteiger partial charge in [0.15, 0.2) is 17.0 Å². The molecule has 4 rings (SSSR count). The molecule has 0 saturated carbocycles. The number of aryl methyl sites for hydroxylation is 1. The lowest BCUT2D eigenvalue weighted by molar-refractivity contribution is -0.116. The fourth-order valence-electron chi connectivity index (χ4n) is 3.57. The summed E-state index contributed by atoms with van der Waals surface area (Å²) in [5, 5.41) is 15.6. The van der Waals surface area contributed by atoms with Crippen LogP contribution < -0.4 is 20.1 Å². The molecule has 0 unspecified atom stereocenters. The molecule has 3 aromatic carbocycles. The highest BCUT2D eigenvalue weighted by molar-refractivity contribution is 8.05. The van der Waals surface area contributed by atoms with Gasteiger partial charge in [0.2, 0.25) is 0 Å². The van der Waals surface area contributed by atoms with E-state index in [-0.39, 0.29) is 23.6 Å². The first kappa shape index (κ1) is 25.5. The molecule has 186 valence electrons. The van der Waals surface area contributed by atoms with E-state index in [9.17, 15) is 9.59 Å². The topological polar surface area (TPSA) is 96.9 Å². The summed E-state index contributed by atoms with van der Waals surface area (Å²) < 4.78 is 11.4. The van der Waals surface area contributed by atoms with Crippen molar-refractivity contribution in [3.63, 3.8) is 0 Å². The molecule has 1 saturated heterocycles. The van der Waals surface area contributed by atoms with Gasteiger partial charge in [0.1, 0.15) is 6.61 Å². The average molecular weight is 525 g/mol. The highest BCUT2D eigenvalue weighted by atomic mass is 35.5. The maximum atomic E-state index is 12.5. The van der Waals surface area contributed by atoms with E-state index in [1.165, 1.54) is 36.6 Å². The lowest BCUT2D eigenvalue weighted by Crippen LogP contribution is -2.30. The van der Waals surface area contributed by atoms with Crippen LogP contribution in [0.25, 0.3) is 6.08 Å². The Morgan fingerprint density at radius 3 is 2.47 bits per heavy atom. The third kappa shape index (κ3) is 6.13. The van der Waals surface area contributed by atoms with Gasteiger partial charge in [-0.05, 0) is 65.6 Å². The Kier molecular flexibility index (Phi) is 8.07. The molecular formula is C27H25ClN2O5S. The number of carbonyl (C=O) groups is 2. The van der Waals surface area contributed by atoms with Crippen LogP contribution in [-0.2, 0) is 17.8 Å². The molecule has 0 bridgehead atoms. The van der Waals surface area contributed by atoms with Crippen LogP contribution in [0.2, 0.25) is 5.02 Å². The first-order chi connectivity index (χ1) is 17.4. The average Bonchev–Trinajstić information content (AvgIpc) is 3.21. The standard InChI is InChI=1S/C27H25ClN2O5S/c1-3-16-6-10-20(11-7-16)29-27-30-25(31)23(36-27)14-18-12-21(28)24(22(13-18)34-2)35-15-17-4-8-19(9-5-17)26(32)33/h4-14,27,29H,3,15H2,1-2H3,(H,30,31)(H,32,33)/b23-14-/t27-/m1/s1. The number of benzene rings is 3. The predicted molar refractivity (Wildman–Crippen MR) is 143 cm³/mol. The molecule has 1 heterocycles. The molecule has 0 radical (unpaired) electrons. The van der Waals surface area contributed by atoms with Crippen LogP contribution in [0.1, 0.15) is 34.0 Å². The minimum atomic E-state index is -0.987. The predicted octanol–water partition coefficient (Wildman–Crippen LogP) is 5.79. The molecule has 1 aliphatic heterocycles. The van der Waals surface area contributed by atoms with Crippen LogP contribution >= 0.6 is 23.4 Å². The van der Waals surface area contributed by atoms with Crippen molar-refractivity contribution < 1.29 is 24.2 Å². The summed E-state index contributed by atoms with van der Waals surface area (Å²) in [6.45, 7) is 2.29. The number of hydrogen-bond donors (Lipinski definition) is 3. The molecule has 1 aliphatic rings. The number of methoxy groups -OCH3 is 1. The summed E-state index contributed by atoms with van der Waals surface area (Å²) >= 11 is 7.88. The van der Waals surface area contributed by atoms with Gasteiger partial charge in [0.25, 0.3) is 5.91 Å². The van der Waals surface area contributed by atoms with Gasteiger partial charge in [0, 0.05) is 5.69 Å². The summed E-state index contributed by atoms with van der Waals surface area (Å²) in [4.78, 5) is 24.1. The fraction of sp³-hybridized carbons (Fsp3) is 0.185. The van der Waals surface area contributed by atoms with Gasteiger partial charge in [0.05, 0.1) is 22.6 Å². The van der Waals surface area contributed by atoms with E-state index in [4.69, 9.17) is 26.2 Å². The lowest BCUT2D eigenvalue weighted by atomic mass is 10.1. The summed E-state index contributed by atoms with van der Waals surface area (Å²) in [7, 11) is 1.51. The van der Waals surface area contributed by atoms with Crippen LogP contribution in [0.4, 0.5) is 5.69 Å². The summed E-state index contributed by atoms with van der Waals surface area (Å²) in [6.07, 6.45) is 2.72. The van der Waals surface area contributed by atoms with Gasteiger partial charge in [-0.1, -0.05) is 54.6 Å². The monoisotopic (exact) mass is 524 g/mol. The van der Waals surface area contributed by atoms with Crippen LogP contribution in [-0.4, -0.2) is 29.6 Å². The third-order valence-electron chi connectivity index (χ3n) is 5.52. The van der Waals surface area contributed by atoms with Crippen molar-refractivity contribution in [2.75, 3.05) is 12.4 Å². The van der Waals surface area contributed by atoms with Gasteiger partial charge >= 0.3 is 5.97 Å². The quantitative estimate of drug-likeness (QED) is 0.305. The Morgan fingerprint density at radius 1 is 1.14 bits per heavy atom. The number of halogens is 1. The molecule has 1 fully saturated rings. The fourth-order valence-corrected chi connectivity index (χ4v) is 4.83. The highest BCUT2D eigenvalue weighted by Crippen LogP contribution is 2.39. The van der Waals surface area contributed by atoms with E-state index in [0.29, 0.717) is 27.0 Å². The number of carboxylic acid groups (broad SMARTS) is 1. The summed E-state index contributed by atoms with van der Waals surface area (Å²) in [5.74, 6) is -0.380. The van der Waals surface area contributed by atoms with Crippen LogP contribution in [0.3, 0.4) is 0 Å². The number of thioether (sulfide) groups is 1. The molecule has 3 aromatic rings. The molecule has 7 nitrogen and oxygen atoms in total. The zero-order valence-electron chi connectivity index (χ0n) is 19.7. The van der Waals surface area contributed by atoms with E-state index in [1.807, 2.05) is 12.1 Å². The van der Waals surface area contributed by atoms with E-state index in [2.05, 4.69) is 29.7 Å². The number of carbonyl (C=O) groups excluding carboxylic acids is 1. The van der Waals surface area contributed by atoms with Crippen LogP contribution in [0.15, 0.2) is 65.6 Å². The van der Waals surface area contributed by atoms with Crippen molar-refractivity contribution >= 4 is 47.0 Å². The zero-order chi connectivity index (χ0) is 25.7. The molecule has 9 heteroatoms. The van der Waals surface area contributed by atoms with Crippen molar-refractivity contribution in [3.05, 3.63) is 92.8 Å². The van der Waals surface area contributed by atoms with Gasteiger partial charge in [-0.15, -0.1) is 0 Å². The number of hydrogen-bond acceptors (Lipinski definition) is 6. The minimum Gasteiger partial charge on any atom is -0.493 e. The van der Waals surface area contributed by atoms with Crippen molar-refractivity contribution in [2.45, 2.75) is 25.4 Å². The maximum Gasteiger partial charge on any atom is 0.335 e. The molecule has 0 spiro atoms. The first-order valence-corrected chi connectivity index (χ1v) is 12.5. The Bertz CT molecular complexity index is 1290. The normalized spacial score (nSPS) is 16.0. The second kappa shape index (κ2) is 11.4. The number of nitrogens with one attached hydrogen (secondary N) is 2. The van der Waals surface area contributed by atoms with Crippen molar-refractivity contribution in [2.24, 2.45) is 0 Å². The number of carboxylic acids is 1. The van der Waals surface area contributed by atoms with Crippen molar-refractivity contribution in [3.8, 4) is 11.5 Å². The van der Waals surface area contributed by atoms with Gasteiger partial charge < -0.3 is 25.2 Å². The Hall–Kier alpha value is -3.62. The minimum absolute atomic E-state index is 0.178. The molecule has 0 aliphatic carbocycles. The highest BCUT2D eigenvalue weighted by Gasteiger charge is 2.27. The van der Waals surface area contributed by atoms with Crippen LogP contribution in [0.5, 0.6) is 11.5 Å².